The summed E-state index contributed by atoms with van der Waals surface area (Å²) in [6.07, 6.45) is 0.615. The Kier molecular flexibility index (Phi) is 4.44. The lowest BCUT2D eigenvalue weighted by atomic mass is 10.5. The van der Waals surface area contributed by atoms with Crippen molar-refractivity contribution in [2.75, 3.05) is 12.4 Å². The van der Waals surface area contributed by atoms with Gasteiger partial charge in [0.25, 0.3) is 5.09 Å². The van der Waals surface area contributed by atoms with Crippen molar-refractivity contribution in [3.63, 3.8) is 0 Å². The normalized spacial score (nSPS) is 8.62. The molecule has 0 atom stereocenters. The van der Waals surface area contributed by atoms with Crippen LogP contribution in [-0.2, 0) is 4.84 Å². The third-order valence-corrected chi connectivity index (χ3v) is 0.815. The summed E-state index contributed by atoms with van der Waals surface area (Å²) in [6, 6.07) is 0. The number of nitrogens with zero attached hydrogens (tertiary/aromatic N) is 1. The molecule has 0 unspecified atom stereocenters. The Morgan fingerprint density at radius 2 is 2.38 bits per heavy atom. The first-order chi connectivity index (χ1) is 3.77. The lowest BCUT2D eigenvalue weighted by Gasteiger charge is -1.91. The first kappa shape index (κ1) is 7.55. The molecule has 4 nitrogen and oxygen atoms in total. The van der Waals surface area contributed by atoms with E-state index in [9.17, 15) is 10.1 Å². The third kappa shape index (κ3) is 5.55. The van der Waals surface area contributed by atoms with E-state index in [-0.39, 0.29) is 6.61 Å². The zero-order chi connectivity index (χ0) is 6.41. The molecule has 0 spiro atoms. The monoisotopic (exact) mass is 137 g/mol. The molecule has 0 saturated carbocycles. The Bertz CT molecular complexity index is 76.9. The number of hydrogen-bond acceptors (Lipinski definition) is 4. The number of rotatable bonds is 4. The van der Waals surface area contributed by atoms with Crippen molar-refractivity contribution in [3.05, 3.63) is 10.1 Å². The summed E-state index contributed by atoms with van der Waals surface area (Å²) in [7, 11) is 0. The van der Waals surface area contributed by atoms with Crippen LogP contribution in [0.1, 0.15) is 6.42 Å². The molecule has 0 N–H and O–H groups in total. The van der Waals surface area contributed by atoms with Crippen LogP contribution in [0.15, 0.2) is 0 Å². The second-order valence-corrected chi connectivity index (χ2v) is 1.58. The van der Waals surface area contributed by atoms with E-state index in [2.05, 4.69) is 17.5 Å². The van der Waals surface area contributed by atoms with Crippen LogP contribution in [0.5, 0.6) is 0 Å². The van der Waals surface area contributed by atoms with Crippen molar-refractivity contribution < 1.29 is 9.92 Å². The molecular weight excluding hydrogens is 130 g/mol. The van der Waals surface area contributed by atoms with Crippen LogP contribution in [0.2, 0.25) is 0 Å². The van der Waals surface area contributed by atoms with Crippen LogP contribution in [0.4, 0.5) is 0 Å². The van der Waals surface area contributed by atoms with E-state index in [0.717, 1.165) is 0 Å². The summed E-state index contributed by atoms with van der Waals surface area (Å²) < 4.78 is 0. The summed E-state index contributed by atoms with van der Waals surface area (Å²) >= 11 is 3.82. The Morgan fingerprint density at radius 1 is 1.75 bits per heavy atom. The maximum Gasteiger partial charge on any atom is 0.294 e. The SMILES string of the molecule is O=[N+]([O-])OCCCS. The Hall–Kier alpha value is -0.450. The van der Waals surface area contributed by atoms with Gasteiger partial charge in [-0.3, -0.25) is 0 Å². The van der Waals surface area contributed by atoms with Crippen molar-refractivity contribution in [2.45, 2.75) is 6.42 Å². The zero-order valence-electron chi connectivity index (χ0n) is 4.24. The first-order valence-corrected chi connectivity index (χ1v) is 2.79. The molecule has 0 saturated heterocycles. The minimum absolute atomic E-state index is 0.149. The van der Waals surface area contributed by atoms with E-state index in [4.69, 9.17) is 0 Å². The van der Waals surface area contributed by atoms with Crippen LogP contribution in [0, 0.1) is 10.1 Å². The van der Waals surface area contributed by atoms with Gasteiger partial charge in [0.1, 0.15) is 0 Å². The lowest BCUT2D eigenvalue weighted by Crippen LogP contribution is -2.01. The number of thiol groups is 1. The van der Waals surface area contributed by atoms with Crippen LogP contribution in [-0.4, -0.2) is 17.4 Å². The van der Waals surface area contributed by atoms with Crippen LogP contribution in [0.25, 0.3) is 0 Å². The fourth-order valence-corrected chi connectivity index (χ4v) is 0.333. The molecular formula is C3H7NO3S. The van der Waals surface area contributed by atoms with Crippen molar-refractivity contribution >= 4 is 12.6 Å². The molecule has 0 aromatic heterocycles. The summed E-state index contributed by atoms with van der Waals surface area (Å²) in [5.41, 5.74) is 0. The van der Waals surface area contributed by atoms with Crippen molar-refractivity contribution in [1.82, 2.24) is 0 Å². The lowest BCUT2D eigenvalue weighted by molar-refractivity contribution is -0.757. The summed E-state index contributed by atoms with van der Waals surface area (Å²) in [5.74, 6) is 0.619. The van der Waals surface area contributed by atoms with Crippen molar-refractivity contribution in [2.24, 2.45) is 0 Å². The van der Waals surface area contributed by atoms with Gasteiger partial charge in [-0.25, -0.2) is 0 Å². The summed E-state index contributed by atoms with van der Waals surface area (Å²) in [4.78, 5) is 13.4. The molecule has 0 bridgehead atoms. The molecule has 0 aromatic carbocycles. The molecule has 0 heterocycles. The molecule has 0 fully saturated rings. The first-order valence-electron chi connectivity index (χ1n) is 2.15. The van der Waals surface area contributed by atoms with Gasteiger partial charge in [-0.05, 0) is 12.2 Å². The summed E-state index contributed by atoms with van der Waals surface area (Å²) in [5, 5.41) is 8.63. The molecule has 0 radical (unpaired) electrons. The number of hydrogen-bond donors (Lipinski definition) is 1. The van der Waals surface area contributed by atoms with Crippen molar-refractivity contribution in [1.29, 1.82) is 0 Å². The van der Waals surface area contributed by atoms with E-state index in [1.807, 2.05) is 0 Å². The van der Waals surface area contributed by atoms with Gasteiger partial charge in [-0.2, -0.15) is 12.6 Å². The highest BCUT2D eigenvalue weighted by molar-refractivity contribution is 7.80. The highest BCUT2D eigenvalue weighted by Crippen LogP contribution is 1.84. The Balaban J connectivity index is 2.82. The minimum Gasteiger partial charge on any atom is -0.314 e. The van der Waals surface area contributed by atoms with Gasteiger partial charge >= 0.3 is 0 Å². The van der Waals surface area contributed by atoms with E-state index < -0.39 is 5.09 Å². The van der Waals surface area contributed by atoms with Gasteiger partial charge in [0.15, 0.2) is 0 Å². The fourth-order valence-electron chi connectivity index (χ4n) is 0.204. The molecule has 8 heavy (non-hydrogen) atoms. The molecule has 0 rings (SSSR count). The minimum atomic E-state index is -0.802. The van der Waals surface area contributed by atoms with Crippen LogP contribution >= 0.6 is 12.6 Å². The zero-order valence-corrected chi connectivity index (χ0v) is 5.13. The maximum atomic E-state index is 9.43. The van der Waals surface area contributed by atoms with E-state index in [0.29, 0.717) is 12.2 Å². The molecule has 0 aliphatic rings. The molecule has 0 amide bonds. The smallest absolute Gasteiger partial charge is 0.294 e. The van der Waals surface area contributed by atoms with Crippen LogP contribution in [0.3, 0.4) is 0 Å². The van der Waals surface area contributed by atoms with Gasteiger partial charge < -0.3 is 4.84 Å². The molecule has 5 heteroatoms. The third-order valence-electron chi connectivity index (χ3n) is 0.499. The predicted octanol–water partition coefficient (Wildman–Crippen LogP) is 0.515. The van der Waals surface area contributed by atoms with Crippen LogP contribution < -0.4 is 0 Å². The predicted molar refractivity (Wildman–Crippen MR) is 31.4 cm³/mol. The van der Waals surface area contributed by atoms with Gasteiger partial charge in [0, 0.05) is 0 Å². The molecule has 0 aliphatic heterocycles. The highest BCUT2D eigenvalue weighted by Gasteiger charge is 1.90. The van der Waals surface area contributed by atoms with E-state index in [1.165, 1.54) is 0 Å². The second kappa shape index (κ2) is 4.70. The standard InChI is InChI=1S/C3H7NO3S/c5-4(6)7-2-1-3-8/h8H,1-3H2. The van der Waals surface area contributed by atoms with Gasteiger partial charge in [-0.1, -0.05) is 0 Å². The Morgan fingerprint density at radius 3 is 2.75 bits per heavy atom. The molecule has 0 aliphatic carbocycles. The summed E-state index contributed by atoms with van der Waals surface area (Å²) in [6.45, 7) is 0.149. The molecule has 0 aromatic rings. The van der Waals surface area contributed by atoms with E-state index in [1.54, 1.807) is 0 Å². The van der Waals surface area contributed by atoms with Gasteiger partial charge in [0.05, 0.1) is 6.61 Å². The molecule has 48 valence electrons. The van der Waals surface area contributed by atoms with Gasteiger partial charge in [-0.15, -0.1) is 10.1 Å². The quantitative estimate of drug-likeness (QED) is 0.266. The average Bonchev–Trinajstić information content (AvgIpc) is 1.66. The van der Waals surface area contributed by atoms with Crippen molar-refractivity contribution in [3.8, 4) is 0 Å². The highest BCUT2D eigenvalue weighted by atomic mass is 32.1. The second-order valence-electron chi connectivity index (χ2n) is 1.13. The van der Waals surface area contributed by atoms with Gasteiger partial charge in [0.2, 0.25) is 0 Å². The topological polar surface area (TPSA) is 52.4 Å². The average molecular weight is 137 g/mol. The van der Waals surface area contributed by atoms with E-state index >= 15 is 0 Å². The maximum absolute atomic E-state index is 9.43. The fraction of sp³-hybridized carbons (Fsp3) is 1.00. The largest absolute Gasteiger partial charge is 0.314 e. The Labute approximate surface area is 52.3 Å².